The molecule has 18 heavy (non-hydrogen) atoms. The van der Waals surface area contributed by atoms with Crippen molar-refractivity contribution in [2.24, 2.45) is 0 Å². The Morgan fingerprint density at radius 1 is 1.39 bits per heavy atom. The van der Waals surface area contributed by atoms with Crippen molar-refractivity contribution in [3.05, 3.63) is 15.1 Å². The molecule has 1 fully saturated rings. The number of methoxy groups -OCH3 is 1. The minimum atomic E-state index is 0.190. The van der Waals surface area contributed by atoms with E-state index < -0.39 is 0 Å². The molecule has 1 saturated carbocycles. The summed E-state index contributed by atoms with van der Waals surface area (Å²) >= 11 is 2.30. The molecule has 1 aromatic heterocycles. The van der Waals surface area contributed by atoms with Gasteiger partial charge in [0.2, 0.25) is 0 Å². The normalized spacial score (nSPS) is 16.7. The summed E-state index contributed by atoms with van der Waals surface area (Å²) in [5, 5.41) is 3.39. The molecule has 0 saturated heterocycles. The van der Waals surface area contributed by atoms with Crippen LogP contribution < -0.4 is 5.32 Å². The summed E-state index contributed by atoms with van der Waals surface area (Å²) in [6.45, 7) is 5.87. The number of hydrogen-bond donors (Lipinski definition) is 1. The number of nitrogens with one attached hydrogen (secondary N) is 1. The Balaban J connectivity index is 2.34. The first-order chi connectivity index (χ1) is 8.60. The molecule has 1 aromatic rings. The summed E-state index contributed by atoms with van der Waals surface area (Å²) in [7, 11) is 1.70. The van der Waals surface area contributed by atoms with E-state index >= 15 is 0 Å². The Kier molecular flexibility index (Phi) is 4.42. The van der Waals surface area contributed by atoms with Gasteiger partial charge in [0.1, 0.15) is 11.6 Å². The van der Waals surface area contributed by atoms with Gasteiger partial charge in [-0.15, -0.1) is 0 Å². The van der Waals surface area contributed by atoms with E-state index in [1.54, 1.807) is 7.11 Å². The van der Waals surface area contributed by atoms with Gasteiger partial charge in [0.25, 0.3) is 0 Å². The molecule has 1 aliphatic rings. The molecule has 1 aliphatic carbocycles. The fourth-order valence-corrected chi connectivity index (χ4v) is 2.36. The molecule has 0 spiro atoms. The Hall–Kier alpha value is -0.430. The molecule has 1 N–H and O–H groups in total. The molecule has 0 atom stereocenters. The Morgan fingerprint density at radius 2 is 2.11 bits per heavy atom. The highest BCUT2D eigenvalue weighted by Gasteiger charge is 2.42. The van der Waals surface area contributed by atoms with Crippen LogP contribution in [0.4, 0.5) is 5.82 Å². The van der Waals surface area contributed by atoms with Crippen LogP contribution in [0.3, 0.4) is 0 Å². The summed E-state index contributed by atoms with van der Waals surface area (Å²) < 4.78 is 6.31. The third-order valence-electron chi connectivity index (χ3n) is 3.28. The zero-order valence-electron chi connectivity index (χ0n) is 11.2. The van der Waals surface area contributed by atoms with Crippen LogP contribution in [0.5, 0.6) is 0 Å². The van der Waals surface area contributed by atoms with Crippen LogP contribution in [-0.4, -0.2) is 23.6 Å². The second kappa shape index (κ2) is 5.69. The van der Waals surface area contributed by atoms with Crippen LogP contribution in [0.2, 0.25) is 0 Å². The van der Waals surface area contributed by atoms with Gasteiger partial charge >= 0.3 is 0 Å². The molecule has 5 heteroatoms. The largest absolute Gasteiger partial charge is 0.378 e. The number of ether oxygens (including phenoxy) is 1. The second-order valence-corrected chi connectivity index (χ2v) is 6.16. The van der Waals surface area contributed by atoms with Gasteiger partial charge in [-0.25, -0.2) is 9.97 Å². The Labute approximate surface area is 122 Å². The van der Waals surface area contributed by atoms with Crippen molar-refractivity contribution in [1.82, 2.24) is 9.97 Å². The maximum absolute atomic E-state index is 5.23. The van der Waals surface area contributed by atoms with Crippen LogP contribution >= 0.6 is 22.6 Å². The molecule has 4 nitrogen and oxygen atoms in total. The SMILES string of the molecule is CCCNc1nc(C2(C)CC2)nc(COC)c1I. The summed E-state index contributed by atoms with van der Waals surface area (Å²) in [5.41, 5.74) is 1.19. The molecule has 0 unspecified atom stereocenters. The van der Waals surface area contributed by atoms with E-state index in [1.165, 1.54) is 12.8 Å². The van der Waals surface area contributed by atoms with Gasteiger partial charge in [-0.1, -0.05) is 13.8 Å². The number of hydrogen-bond acceptors (Lipinski definition) is 4. The van der Waals surface area contributed by atoms with Crippen LogP contribution in [0.15, 0.2) is 0 Å². The third kappa shape index (κ3) is 2.93. The highest BCUT2D eigenvalue weighted by molar-refractivity contribution is 14.1. The van der Waals surface area contributed by atoms with E-state index in [9.17, 15) is 0 Å². The molecule has 0 amide bonds. The quantitative estimate of drug-likeness (QED) is 0.791. The number of aromatic nitrogens is 2. The predicted molar refractivity (Wildman–Crippen MR) is 80.8 cm³/mol. The highest BCUT2D eigenvalue weighted by atomic mass is 127. The Morgan fingerprint density at radius 3 is 2.67 bits per heavy atom. The zero-order valence-corrected chi connectivity index (χ0v) is 13.4. The standard InChI is InChI=1S/C13H20IN3O/c1-4-7-15-11-10(14)9(8-18-3)16-12(17-11)13(2)5-6-13/h4-8H2,1-3H3,(H,15,16,17). The van der Waals surface area contributed by atoms with Crippen molar-refractivity contribution in [2.45, 2.75) is 45.1 Å². The molecule has 0 aromatic carbocycles. The molecular weight excluding hydrogens is 341 g/mol. The first-order valence-electron chi connectivity index (χ1n) is 6.40. The van der Waals surface area contributed by atoms with Gasteiger partial charge in [0.15, 0.2) is 0 Å². The molecule has 1 heterocycles. The van der Waals surface area contributed by atoms with Gasteiger partial charge in [-0.05, 0) is 41.9 Å². The highest BCUT2D eigenvalue weighted by Crippen LogP contribution is 2.46. The number of rotatable bonds is 6. The lowest BCUT2D eigenvalue weighted by Crippen LogP contribution is -2.15. The summed E-state index contributed by atoms with van der Waals surface area (Å²) in [4.78, 5) is 9.38. The van der Waals surface area contributed by atoms with Crippen molar-refractivity contribution in [3.8, 4) is 0 Å². The van der Waals surface area contributed by atoms with Crippen LogP contribution in [0.1, 0.15) is 44.6 Å². The molecule has 100 valence electrons. The van der Waals surface area contributed by atoms with Crippen LogP contribution in [-0.2, 0) is 16.8 Å². The van der Waals surface area contributed by atoms with Crippen molar-refractivity contribution in [2.75, 3.05) is 19.0 Å². The summed E-state index contributed by atoms with van der Waals surface area (Å²) in [6, 6.07) is 0. The predicted octanol–water partition coefficient (Wildman–Crippen LogP) is 3.10. The minimum Gasteiger partial charge on any atom is -0.378 e. The third-order valence-corrected chi connectivity index (χ3v) is 4.42. The second-order valence-electron chi connectivity index (χ2n) is 5.08. The van der Waals surface area contributed by atoms with Crippen LogP contribution in [0, 0.1) is 3.57 Å². The number of nitrogens with zero attached hydrogens (tertiary/aromatic N) is 2. The first kappa shape index (κ1) is 14.0. The lowest BCUT2D eigenvalue weighted by molar-refractivity contribution is 0.180. The van der Waals surface area contributed by atoms with Crippen molar-refractivity contribution < 1.29 is 4.74 Å². The van der Waals surface area contributed by atoms with Crippen molar-refractivity contribution in [3.63, 3.8) is 0 Å². The molecular formula is C13H20IN3O. The topological polar surface area (TPSA) is 47.0 Å². The lowest BCUT2D eigenvalue weighted by Gasteiger charge is -2.15. The van der Waals surface area contributed by atoms with Gasteiger partial charge in [0.05, 0.1) is 15.9 Å². The van der Waals surface area contributed by atoms with E-state index in [0.29, 0.717) is 6.61 Å². The van der Waals surface area contributed by atoms with Gasteiger partial charge in [-0.2, -0.15) is 0 Å². The van der Waals surface area contributed by atoms with E-state index in [-0.39, 0.29) is 5.41 Å². The first-order valence-corrected chi connectivity index (χ1v) is 7.48. The average molecular weight is 361 g/mol. The van der Waals surface area contributed by atoms with E-state index in [1.807, 2.05) is 0 Å². The number of anilines is 1. The van der Waals surface area contributed by atoms with E-state index in [0.717, 1.165) is 33.9 Å². The fraction of sp³-hybridized carbons (Fsp3) is 0.692. The van der Waals surface area contributed by atoms with Crippen molar-refractivity contribution in [1.29, 1.82) is 0 Å². The molecule has 0 aliphatic heterocycles. The van der Waals surface area contributed by atoms with Gasteiger partial charge in [-0.3, -0.25) is 0 Å². The minimum absolute atomic E-state index is 0.190. The molecule has 2 rings (SSSR count). The zero-order chi connectivity index (χ0) is 13.2. The smallest absolute Gasteiger partial charge is 0.143 e. The average Bonchev–Trinajstić information content (AvgIpc) is 3.10. The van der Waals surface area contributed by atoms with E-state index in [2.05, 4.69) is 46.7 Å². The maximum Gasteiger partial charge on any atom is 0.143 e. The summed E-state index contributed by atoms with van der Waals surface area (Å²) in [5.74, 6) is 1.93. The van der Waals surface area contributed by atoms with Gasteiger partial charge in [0, 0.05) is 19.1 Å². The molecule has 0 radical (unpaired) electrons. The maximum atomic E-state index is 5.23. The molecule has 0 bridgehead atoms. The Bertz CT molecular complexity index is 432. The monoisotopic (exact) mass is 361 g/mol. The van der Waals surface area contributed by atoms with Gasteiger partial charge < -0.3 is 10.1 Å². The lowest BCUT2D eigenvalue weighted by atomic mass is 10.1. The summed E-state index contributed by atoms with van der Waals surface area (Å²) in [6.07, 6.45) is 3.47. The van der Waals surface area contributed by atoms with Crippen LogP contribution in [0.25, 0.3) is 0 Å². The fourth-order valence-electron chi connectivity index (χ4n) is 1.77. The number of halogens is 1. The van der Waals surface area contributed by atoms with Crippen molar-refractivity contribution >= 4 is 28.4 Å². The van der Waals surface area contributed by atoms with E-state index in [4.69, 9.17) is 9.72 Å².